The van der Waals surface area contributed by atoms with Gasteiger partial charge in [0.2, 0.25) is 0 Å². The molecule has 0 saturated heterocycles. The smallest absolute Gasteiger partial charge is 0.286 e. The molecule has 0 saturated carbocycles. The molecule has 0 aliphatic rings. The molecule has 1 heterocycles. The summed E-state index contributed by atoms with van der Waals surface area (Å²) in [6.07, 6.45) is 1.09. The highest BCUT2D eigenvalue weighted by Gasteiger charge is 2.12. The number of carbonyl (C=O) groups is 1. The fraction of sp³-hybridized carbons (Fsp3) is 0. The second kappa shape index (κ2) is 5.65. The van der Waals surface area contributed by atoms with Gasteiger partial charge in [-0.25, -0.2) is 0 Å². The lowest BCUT2D eigenvalue weighted by Gasteiger charge is -2.06. The third kappa shape index (κ3) is 3.29. The van der Waals surface area contributed by atoms with Crippen LogP contribution in [0, 0.1) is 5.21 Å². The molecule has 1 aromatic heterocycles. The Hall–Kier alpha value is -1.49. The normalized spacial score (nSPS) is 10.3. The van der Waals surface area contributed by atoms with Crippen molar-refractivity contribution in [3.8, 4) is 0 Å². The molecule has 2 rings (SSSR count). The van der Waals surface area contributed by atoms with Crippen LogP contribution >= 0.6 is 34.8 Å². The molecule has 0 aliphatic heterocycles. The number of nitrogens with zero attached hydrogens (tertiary/aromatic N) is 1. The third-order valence-corrected chi connectivity index (χ3v) is 3.34. The molecule has 0 unspecified atom stereocenters. The first-order valence-corrected chi connectivity index (χ1v) is 6.26. The maximum Gasteiger partial charge on any atom is 0.286 e. The van der Waals surface area contributed by atoms with Crippen LogP contribution in [0.15, 0.2) is 36.5 Å². The Bertz CT molecular complexity index is 647. The lowest BCUT2D eigenvalue weighted by atomic mass is 10.2. The maximum absolute atomic E-state index is 11.9. The molecule has 0 aliphatic carbocycles. The number of carbonyl (C=O) groups excluding carboxylic acids is 1. The van der Waals surface area contributed by atoms with Crippen molar-refractivity contribution >= 4 is 46.4 Å². The largest absolute Gasteiger partial charge is 0.618 e. The Morgan fingerprint density at radius 1 is 1.11 bits per heavy atom. The molecule has 98 valence electrons. The minimum absolute atomic E-state index is 0.00825. The van der Waals surface area contributed by atoms with Crippen LogP contribution in [-0.2, 0) is 0 Å². The summed E-state index contributed by atoms with van der Waals surface area (Å²) in [4.78, 5) is 11.9. The highest BCUT2D eigenvalue weighted by Crippen LogP contribution is 2.25. The van der Waals surface area contributed by atoms with Crippen molar-refractivity contribution in [2.45, 2.75) is 0 Å². The number of anilines is 1. The molecular formula is C12H7Cl3N2O2. The summed E-state index contributed by atoms with van der Waals surface area (Å²) in [5, 5.41) is 14.6. The fourth-order valence-electron chi connectivity index (χ4n) is 1.37. The second-order valence-electron chi connectivity index (χ2n) is 3.65. The molecule has 0 atom stereocenters. The van der Waals surface area contributed by atoms with Gasteiger partial charge in [-0.1, -0.05) is 23.2 Å². The first-order chi connectivity index (χ1) is 8.97. The van der Waals surface area contributed by atoms with E-state index in [-0.39, 0.29) is 10.7 Å². The van der Waals surface area contributed by atoms with Crippen LogP contribution in [0.4, 0.5) is 5.69 Å². The summed E-state index contributed by atoms with van der Waals surface area (Å²) in [6, 6.07) is 7.48. The van der Waals surface area contributed by atoms with Crippen molar-refractivity contribution in [2.24, 2.45) is 0 Å². The van der Waals surface area contributed by atoms with E-state index in [1.54, 1.807) is 12.1 Å². The van der Waals surface area contributed by atoms with Crippen LogP contribution in [0.3, 0.4) is 0 Å². The summed E-state index contributed by atoms with van der Waals surface area (Å²) in [5.74, 6) is -0.445. The highest BCUT2D eigenvalue weighted by atomic mass is 35.5. The Kier molecular flexibility index (Phi) is 4.14. The zero-order chi connectivity index (χ0) is 14.0. The van der Waals surface area contributed by atoms with Gasteiger partial charge in [-0.3, -0.25) is 4.79 Å². The van der Waals surface area contributed by atoms with Gasteiger partial charge in [-0.2, -0.15) is 4.73 Å². The van der Waals surface area contributed by atoms with E-state index in [1.807, 2.05) is 0 Å². The number of benzene rings is 1. The van der Waals surface area contributed by atoms with Crippen LogP contribution < -0.4 is 10.0 Å². The lowest BCUT2D eigenvalue weighted by Crippen LogP contribution is -2.29. The van der Waals surface area contributed by atoms with Gasteiger partial charge in [-0.15, -0.1) is 0 Å². The minimum atomic E-state index is -0.445. The minimum Gasteiger partial charge on any atom is -0.618 e. The molecule has 0 bridgehead atoms. The van der Waals surface area contributed by atoms with Crippen LogP contribution in [0.5, 0.6) is 0 Å². The number of nitrogens with one attached hydrogen (secondary N) is 1. The Morgan fingerprint density at radius 3 is 2.47 bits per heavy atom. The summed E-state index contributed by atoms with van der Waals surface area (Å²) < 4.78 is 0.408. The van der Waals surface area contributed by atoms with Crippen LogP contribution in [-0.4, -0.2) is 5.91 Å². The molecule has 1 aromatic carbocycles. The molecule has 2 aromatic rings. The van der Waals surface area contributed by atoms with Crippen molar-refractivity contribution in [1.82, 2.24) is 0 Å². The molecule has 0 fully saturated rings. The Morgan fingerprint density at radius 2 is 1.84 bits per heavy atom. The van der Waals surface area contributed by atoms with Gasteiger partial charge in [-0.05, 0) is 35.9 Å². The average Bonchev–Trinajstić information content (AvgIpc) is 2.37. The fourth-order valence-corrected chi connectivity index (χ4v) is 1.78. The zero-order valence-corrected chi connectivity index (χ0v) is 11.6. The van der Waals surface area contributed by atoms with E-state index in [4.69, 9.17) is 34.8 Å². The summed E-state index contributed by atoms with van der Waals surface area (Å²) in [7, 11) is 0. The Labute approximate surface area is 124 Å². The van der Waals surface area contributed by atoms with Crippen LogP contribution in [0.1, 0.15) is 10.4 Å². The van der Waals surface area contributed by atoms with E-state index in [0.29, 0.717) is 20.5 Å². The van der Waals surface area contributed by atoms with Crippen LogP contribution in [0.2, 0.25) is 15.2 Å². The van der Waals surface area contributed by atoms with E-state index >= 15 is 0 Å². The number of halogens is 3. The van der Waals surface area contributed by atoms with E-state index < -0.39 is 5.91 Å². The van der Waals surface area contributed by atoms with Crippen molar-refractivity contribution in [3.63, 3.8) is 0 Å². The van der Waals surface area contributed by atoms with Crippen molar-refractivity contribution in [1.29, 1.82) is 0 Å². The number of aromatic nitrogens is 1. The third-order valence-electron chi connectivity index (χ3n) is 2.31. The predicted molar refractivity (Wildman–Crippen MR) is 74.8 cm³/mol. The molecule has 1 amide bonds. The quantitative estimate of drug-likeness (QED) is 0.523. The van der Waals surface area contributed by atoms with Crippen LogP contribution in [0.25, 0.3) is 0 Å². The molecule has 1 N–H and O–H groups in total. The molecular weight excluding hydrogens is 311 g/mol. The molecule has 7 heteroatoms. The van der Waals surface area contributed by atoms with Gasteiger partial charge in [0.1, 0.15) is 5.56 Å². The monoisotopic (exact) mass is 316 g/mol. The number of amides is 1. The lowest BCUT2D eigenvalue weighted by molar-refractivity contribution is -0.603. The van der Waals surface area contributed by atoms with Gasteiger partial charge in [0.15, 0.2) is 6.20 Å². The first kappa shape index (κ1) is 13.9. The topological polar surface area (TPSA) is 56.0 Å². The SMILES string of the molecule is O=C(Nc1ccc(Cl)c(Cl)c1)c1ccc(Cl)[n+]([O-])c1. The van der Waals surface area contributed by atoms with Gasteiger partial charge in [0, 0.05) is 11.8 Å². The summed E-state index contributed by atoms with van der Waals surface area (Å²) in [6.45, 7) is 0. The molecule has 4 nitrogen and oxygen atoms in total. The number of rotatable bonds is 2. The zero-order valence-electron chi connectivity index (χ0n) is 9.36. The number of hydrogen-bond donors (Lipinski definition) is 1. The maximum atomic E-state index is 11.9. The molecule has 0 spiro atoms. The standard InChI is InChI=1S/C12H7Cl3N2O2/c13-9-3-2-8(5-10(9)14)16-12(18)7-1-4-11(15)17(19)6-7/h1-6H,(H,16,18). The summed E-state index contributed by atoms with van der Waals surface area (Å²) >= 11 is 17.2. The summed E-state index contributed by atoms with van der Waals surface area (Å²) in [5.41, 5.74) is 0.664. The number of hydrogen-bond acceptors (Lipinski definition) is 2. The van der Waals surface area contributed by atoms with Crippen molar-refractivity contribution < 1.29 is 9.52 Å². The Balaban J connectivity index is 2.20. The van der Waals surface area contributed by atoms with Crippen molar-refractivity contribution in [3.05, 3.63) is 62.5 Å². The van der Waals surface area contributed by atoms with Gasteiger partial charge < -0.3 is 10.5 Å². The second-order valence-corrected chi connectivity index (χ2v) is 4.85. The van der Waals surface area contributed by atoms with Gasteiger partial charge in [0.25, 0.3) is 11.1 Å². The average molecular weight is 318 g/mol. The first-order valence-electron chi connectivity index (χ1n) is 5.12. The van der Waals surface area contributed by atoms with E-state index in [0.717, 1.165) is 6.20 Å². The predicted octanol–water partition coefficient (Wildman–Crippen LogP) is 3.53. The van der Waals surface area contributed by atoms with Gasteiger partial charge in [0.05, 0.1) is 10.0 Å². The molecule has 0 radical (unpaired) electrons. The van der Waals surface area contributed by atoms with Crippen molar-refractivity contribution in [2.75, 3.05) is 5.32 Å². The molecule has 19 heavy (non-hydrogen) atoms. The highest BCUT2D eigenvalue weighted by molar-refractivity contribution is 6.42. The van der Waals surface area contributed by atoms with E-state index in [9.17, 15) is 10.0 Å². The van der Waals surface area contributed by atoms with E-state index in [2.05, 4.69) is 5.32 Å². The van der Waals surface area contributed by atoms with E-state index in [1.165, 1.54) is 18.2 Å². The number of pyridine rings is 1. The van der Waals surface area contributed by atoms with Gasteiger partial charge >= 0.3 is 0 Å².